The van der Waals surface area contributed by atoms with Gasteiger partial charge in [-0.1, -0.05) is 58.9 Å². The minimum atomic E-state index is -3.59. The molecule has 1 aromatic carbocycles. The van der Waals surface area contributed by atoms with Crippen LogP contribution in [0.15, 0.2) is 29.4 Å². The van der Waals surface area contributed by atoms with Crippen LogP contribution < -0.4 is 5.32 Å². The van der Waals surface area contributed by atoms with Crippen molar-refractivity contribution in [1.29, 1.82) is 0 Å². The zero-order valence-corrected chi connectivity index (χ0v) is 18.4. The van der Waals surface area contributed by atoms with Crippen LogP contribution in [0.3, 0.4) is 0 Å². The van der Waals surface area contributed by atoms with E-state index in [4.69, 9.17) is 0 Å². The molecule has 1 aliphatic heterocycles. The van der Waals surface area contributed by atoms with Crippen molar-refractivity contribution in [2.24, 2.45) is 5.92 Å². The van der Waals surface area contributed by atoms with Crippen LogP contribution in [-0.4, -0.2) is 29.7 Å². The van der Waals surface area contributed by atoms with Crippen molar-refractivity contribution in [3.05, 3.63) is 41.2 Å². The number of benzene rings is 1. The minimum Gasteiger partial charge on any atom is -0.307 e. The summed E-state index contributed by atoms with van der Waals surface area (Å²) in [4.78, 5) is 0. The predicted octanol–water partition coefficient (Wildman–Crippen LogP) is 3.63. The Morgan fingerprint density at radius 2 is 1.86 bits per heavy atom. The molecule has 1 N–H and O–H groups in total. The maximum atomic E-state index is 13.2. The van der Waals surface area contributed by atoms with Crippen molar-refractivity contribution >= 4 is 9.84 Å². The lowest BCUT2D eigenvalue weighted by Crippen LogP contribution is -2.22. The van der Waals surface area contributed by atoms with E-state index in [1.165, 1.54) is 5.56 Å². The Morgan fingerprint density at radius 1 is 1.18 bits per heavy atom. The third-order valence-corrected chi connectivity index (χ3v) is 6.69. The monoisotopic (exact) mass is 404 g/mol. The number of nitrogens with one attached hydrogen (secondary N) is 1. The molecule has 0 bridgehead atoms. The van der Waals surface area contributed by atoms with E-state index >= 15 is 0 Å². The molecule has 1 atom stereocenters. The summed E-state index contributed by atoms with van der Waals surface area (Å²) < 4.78 is 28.2. The fourth-order valence-corrected chi connectivity index (χ4v) is 5.04. The molecule has 1 fully saturated rings. The molecule has 1 unspecified atom stereocenters. The van der Waals surface area contributed by atoms with E-state index in [1.54, 1.807) is 0 Å². The van der Waals surface area contributed by atoms with E-state index in [9.17, 15) is 8.42 Å². The molecule has 7 heteroatoms. The quantitative estimate of drug-likeness (QED) is 0.795. The number of aromatic nitrogens is 3. The summed E-state index contributed by atoms with van der Waals surface area (Å²) in [7, 11) is -3.59. The smallest absolute Gasteiger partial charge is 0.250 e. The maximum Gasteiger partial charge on any atom is 0.250 e. The van der Waals surface area contributed by atoms with Gasteiger partial charge in [0.2, 0.25) is 15.0 Å². The number of hydrogen-bond acceptors (Lipinski definition) is 5. The lowest BCUT2D eigenvalue weighted by Gasteiger charge is -2.19. The molecule has 6 nitrogen and oxygen atoms in total. The largest absolute Gasteiger partial charge is 0.307 e. The van der Waals surface area contributed by atoms with Crippen molar-refractivity contribution in [3.8, 4) is 0 Å². The Morgan fingerprint density at radius 3 is 2.39 bits per heavy atom. The first-order valence-corrected chi connectivity index (χ1v) is 11.7. The molecule has 28 heavy (non-hydrogen) atoms. The average Bonchev–Trinajstić information content (AvgIpc) is 3.23. The minimum absolute atomic E-state index is 0.0397. The lowest BCUT2D eigenvalue weighted by molar-refractivity contribution is 0.447. The second-order valence-corrected chi connectivity index (χ2v) is 11.1. The summed E-state index contributed by atoms with van der Waals surface area (Å²) in [5, 5.41) is 11.9. The normalized spacial score (nSPS) is 18.1. The van der Waals surface area contributed by atoms with Gasteiger partial charge in [0.05, 0.1) is 11.8 Å². The molecule has 0 radical (unpaired) electrons. The van der Waals surface area contributed by atoms with Crippen molar-refractivity contribution in [2.45, 2.75) is 76.4 Å². The van der Waals surface area contributed by atoms with Gasteiger partial charge in [-0.05, 0) is 41.8 Å². The lowest BCUT2D eigenvalue weighted by atomic mass is 9.87. The van der Waals surface area contributed by atoms with Gasteiger partial charge in [0.15, 0.2) is 5.82 Å². The summed E-state index contributed by atoms with van der Waals surface area (Å²) in [6, 6.07) is 7.91. The number of sulfone groups is 1. The van der Waals surface area contributed by atoms with Crippen molar-refractivity contribution in [3.63, 3.8) is 0 Å². The molecule has 2 aromatic rings. The van der Waals surface area contributed by atoms with Gasteiger partial charge in [-0.3, -0.25) is 0 Å². The summed E-state index contributed by atoms with van der Waals surface area (Å²) in [5.41, 5.74) is 2.00. The van der Waals surface area contributed by atoms with Gasteiger partial charge in [-0.25, -0.2) is 8.42 Å². The van der Waals surface area contributed by atoms with Crippen molar-refractivity contribution in [1.82, 2.24) is 20.1 Å². The fourth-order valence-electron chi connectivity index (χ4n) is 3.61. The van der Waals surface area contributed by atoms with Gasteiger partial charge >= 0.3 is 0 Å². The zero-order valence-electron chi connectivity index (χ0n) is 17.6. The van der Waals surface area contributed by atoms with E-state index in [2.05, 4.69) is 50.1 Å². The molecular formula is C21H32N4O2S. The highest BCUT2D eigenvalue weighted by atomic mass is 32.2. The Labute approximate surface area is 168 Å². The Kier molecular flexibility index (Phi) is 5.96. The van der Waals surface area contributed by atoms with Crippen LogP contribution in [0, 0.1) is 5.92 Å². The summed E-state index contributed by atoms with van der Waals surface area (Å²) >= 11 is 0. The predicted molar refractivity (Wildman–Crippen MR) is 111 cm³/mol. The first-order valence-electron chi connectivity index (χ1n) is 10.1. The standard InChI is InChI=1S/C21H32N4O2S/c1-15(2)13-25-19(18-7-6-12-22-18)23-24-20(25)28(26,27)14-16-8-10-17(11-9-16)21(3,4)5/h8-11,15,18,22H,6-7,12-14H2,1-5H3. The van der Waals surface area contributed by atoms with Crippen LogP contribution in [0.5, 0.6) is 0 Å². The Hall–Kier alpha value is -1.73. The van der Waals surface area contributed by atoms with E-state index in [0.29, 0.717) is 12.5 Å². The summed E-state index contributed by atoms with van der Waals surface area (Å²) in [5.74, 6) is 0.982. The number of nitrogens with zero attached hydrogens (tertiary/aromatic N) is 3. The molecule has 1 aromatic heterocycles. The van der Waals surface area contributed by atoms with Gasteiger partial charge in [-0.15, -0.1) is 10.2 Å². The summed E-state index contributed by atoms with van der Waals surface area (Å²) in [6.45, 7) is 12.1. The first-order chi connectivity index (χ1) is 13.1. The molecular weight excluding hydrogens is 372 g/mol. The van der Waals surface area contributed by atoms with E-state index in [1.807, 2.05) is 28.8 Å². The van der Waals surface area contributed by atoms with Gasteiger partial charge in [0.1, 0.15) is 0 Å². The van der Waals surface area contributed by atoms with Gasteiger partial charge in [-0.2, -0.15) is 0 Å². The molecule has 0 aliphatic carbocycles. The van der Waals surface area contributed by atoms with Gasteiger partial charge in [0, 0.05) is 6.54 Å². The molecule has 1 saturated heterocycles. The number of hydrogen-bond donors (Lipinski definition) is 1. The zero-order chi connectivity index (χ0) is 20.5. The molecule has 0 amide bonds. The van der Waals surface area contributed by atoms with Gasteiger partial charge < -0.3 is 9.88 Å². The van der Waals surface area contributed by atoms with E-state index in [0.717, 1.165) is 30.8 Å². The van der Waals surface area contributed by atoms with E-state index in [-0.39, 0.29) is 22.4 Å². The van der Waals surface area contributed by atoms with Crippen molar-refractivity contribution < 1.29 is 8.42 Å². The number of rotatable bonds is 6. The third kappa shape index (κ3) is 4.63. The second kappa shape index (κ2) is 7.95. The van der Waals surface area contributed by atoms with Crippen LogP contribution in [-0.2, 0) is 27.5 Å². The fraction of sp³-hybridized carbons (Fsp3) is 0.619. The first kappa shape index (κ1) is 21.0. The maximum absolute atomic E-state index is 13.2. The van der Waals surface area contributed by atoms with Crippen LogP contribution in [0.4, 0.5) is 0 Å². The third-order valence-electron chi connectivity index (χ3n) is 5.12. The van der Waals surface area contributed by atoms with Crippen LogP contribution in [0.1, 0.15) is 70.5 Å². The highest BCUT2D eigenvalue weighted by Crippen LogP contribution is 2.27. The SMILES string of the molecule is CC(C)Cn1c(C2CCCN2)nnc1S(=O)(=O)Cc1ccc(C(C)(C)C)cc1. The Balaban J connectivity index is 1.90. The van der Waals surface area contributed by atoms with Crippen LogP contribution in [0.25, 0.3) is 0 Å². The Bertz CT molecular complexity index is 903. The summed E-state index contributed by atoms with van der Waals surface area (Å²) in [6.07, 6.45) is 2.03. The molecule has 1 aliphatic rings. The second-order valence-electron chi connectivity index (χ2n) is 9.20. The van der Waals surface area contributed by atoms with Crippen LogP contribution in [0.2, 0.25) is 0 Å². The molecule has 2 heterocycles. The molecule has 3 rings (SSSR count). The highest BCUT2D eigenvalue weighted by molar-refractivity contribution is 7.90. The topological polar surface area (TPSA) is 76.9 Å². The highest BCUT2D eigenvalue weighted by Gasteiger charge is 2.30. The molecule has 154 valence electrons. The van der Waals surface area contributed by atoms with Crippen molar-refractivity contribution in [2.75, 3.05) is 6.54 Å². The van der Waals surface area contributed by atoms with Crippen LogP contribution >= 0.6 is 0 Å². The van der Waals surface area contributed by atoms with E-state index < -0.39 is 9.84 Å². The molecule has 0 spiro atoms. The molecule has 0 saturated carbocycles. The van der Waals surface area contributed by atoms with Gasteiger partial charge in [0.25, 0.3) is 0 Å². The average molecular weight is 405 g/mol.